The lowest BCUT2D eigenvalue weighted by molar-refractivity contribution is -0.767. The predicted molar refractivity (Wildman–Crippen MR) is 126 cm³/mol. The van der Waals surface area contributed by atoms with Crippen molar-refractivity contribution in [2.24, 2.45) is 11.8 Å². The van der Waals surface area contributed by atoms with Gasteiger partial charge in [-0.3, -0.25) is 4.79 Å². The van der Waals surface area contributed by atoms with E-state index in [9.17, 15) is 33.9 Å². The molecule has 0 bridgehead atoms. The van der Waals surface area contributed by atoms with Crippen LogP contribution in [0.15, 0.2) is 54.6 Å². The van der Waals surface area contributed by atoms with Crippen molar-refractivity contribution in [3.8, 4) is 5.75 Å². The normalized spacial score (nSPS) is 23.1. The molecule has 2 rings (SSSR count). The van der Waals surface area contributed by atoms with E-state index in [0.29, 0.717) is 25.0 Å². The first-order valence-corrected chi connectivity index (χ1v) is 11.8. The number of nitrogens with zero attached hydrogens (tertiary/aromatic N) is 1. The maximum absolute atomic E-state index is 14.3. The van der Waals surface area contributed by atoms with E-state index in [0.717, 1.165) is 6.08 Å². The molecule has 1 saturated carbocycles. The molecular formula is C25H33F2NO8. The molecular weight excluding hydrogens is 480 g/mol. The topological polar surface area (TPSA) is 128 Å². The molecule has 1 aromatic carbocycles. The molecule has 0 heterocycles. The fourth-order valence-electron chi connectivity index (χ4n) is 3.90. The summed E-state index contributed by atoms with van der Waals surface area (Å²) in [5.41, 5.74) is 0. The van der Waals surface area contributed by atoms with Gasteiger partial charge in [0.2, 0.25) is 0 Å². The molecule has 36 heavy (non-hydrogen) atoms. The van der Waals surface area contributed by atoms with Crippen LogP contribution in [0.3, 0.4) is 0 Å². The lowest BCUT2D eigenvalue weighted by atomic mass is 9.89. The van der Waals surface area contributed by atoms with Gasteiger partial charge in [-0.2, -0.15) is 8.78 Å². The summed E-state index contributed by atoms with van der Waals surface area (Å²) in [6, 6.07) is 8.28. The Kier molecular flexibility index (Phi) is 11.7. The van der Waals surface area contributed by atoms with Gasteiger partial charge in [0.05, 0.1) is 12.2 Å². The van der Waals surface area contributed by atoms with E-state index < -0.39 is 53.7 Å². The van der Waals surface area contributed by atoms with Crippen molar-refractivity contribution in [2.45, 2.75) is 63.3 Å². The minimum absolute atomic E-state index is 0.101. The zero-order valence-corrected chi connectivity index (χ0v) is 20.1. The van der Waals surface area contributed by atoms with Gasteiger partial charge in [0.1, 0.15) is 18.5 Å². The van der Waals surface area contributed by atoms with Crippen molar-refractivity contribution in [3.63, 3.8) is 0 Å². The second-order valence-electron chi connectivity index (χ2n) is 8.76. The maximum Gasteiger partial charge on any atom is 0.305 e. The zero-order chi connectivity index (χ0) is 26.6. The molecule has 0 spiro atoms. The van der Waals surface area contributed by atoms with E-state index in [-0.39, 0.29) is 19.4 Å². The Hall–Kier alpha value is -3.05. The summed E-state index contributed by atoms with van der Waals surface area (Å²) < 4.78 is 38.6. The van der Waals surface area contributed by atoms with E-state index in [4.69, 9.17) is 9.47 Å². The van der Waals surface area contributed by atoms with Gasteiger partial charge in [0.25, 0.3) is 11.0 Å². The maximum atomic E-state index is 14.3. The Labute approximate surface area is 208 Å². The van der Waals surface area contributed by atoms with Crippen molar-refractivity contribution in [2.75, 3.05) is 13.2 Å². The number of alkyl halides is 2. The highest BCUT2D eigenvalue weighted by molar-refractivity contribution is 5.69. The number of unbranched alkanes of at least 4 members (excludes halogenated alkanes) is 1. The first-order chi connectivity index (χ1) is 17.1. The number of aliphatic hydroxyl groups excluding tert-OH is 2. The molecule has 9 nitrogen and oxygen atoms in total. The quantitative estimate of drug-likeness (QED) is 0.119. The average molecular weight is 514 g/mol. The highest BCUT2D eigenvalue weighted by Crippen LogP contribution is 2.37. The van der Waals surface area contributed by atoms with Gasteiger partial charge >= 0.3 is 5.97 Å². The van der Waals surface area contributed by atoms with Crippen LogP contribution in [0.4, 0.5) is 8.78 Å². The lowest BCUT2D eigenvalue weighted by Crippen LogP contribution is -2.25. The number of halogens is 2. The summed E-state index contributed by atoms with van der Waals surface area (Å²) in [5, 5.41) is 29.8. The second kappa shape index (κ2) is 14.5. The van der Waals surface area contributed by atoms with E-state index >= 15 is 0 Å². The van der Waals surface area contributed by atoms with Crippen LogP contribution >= 0.6 is 0 Å². The number of ether oxygens (including phenoxy) is 2. The van der Waals surface area contributed by atoms with Gasteiger partial charge in [-0.25, -0.2) is 0 Å². The average Bonchev–Trinajstić information content (AvgIpc) is 3.09. The molecule has 0 radical (unpaired) electrons. The number of esters is 1. The summed E-state index contributed by atoms with van der Waals surface area (Å²) in [5.74, 6) is -4.47. The molecule has 1 aromatic rings. The molecule has 200 valence electrons. The van der Waals surface area contributed by atoms with Crippen LogP contribution in [-0.2, 0) is 14.4 Å². The fraction of sp³-hybridized carbons (Fsp3) is 0.560. The lowest BCUT2D eigenvalue weighted by Gasteiger charge is -2.20. The number of benzene rings is 1. The highest BCUT2D eigenvalue weighted by Gasteiger charge is 2.40. The monoisotopic (exact) mass is 513 g/mol. The summed E-state index contributed by atoms with van der Waals surface area (Å²) in [6.45, 7) is 0.354. The number of hydrogen-bond donors (Lipinski definition) is 2. The van der Waals surface area contributed by atoms with Crippen molar-refractivity contribution >= 4 is 5.97 Å². The zero-order valence-electron chi connectivity index (χ0n) is 20.1. The highest BCUT2D eigenvalue weighted by atomic mass is 19.3. The minimum Gasteiger partial charge on any atom is -0.487 e. The molecule has 0 amide bonds. The van der Waals surface area contributed by atoms with Crippen LogP contribution in [0.2, 0.25) is 0 Å². The number of carbonyl (C=O) groups is 1. The Morgan fingerprint density at radius 3 is 2.67 bits per heavy atom. The smallest absolute Gasteiger partial charge is 0.305 e. The third kappa shape index (κ3) is 10.7. The molecule has 2 N–H and O–H groups in total. The van der Waals surface area contributed by atoms with Gasteiger partial charge in [0, 0.05) is 18.8 Å². The molecule has 1 fully saturated rings. The molecule has 5 atom stereocenters. The van der Waals surface area contributed by atoms with Crippen molar-refractivity contribution in [1.82, 2.24) is 0 Å². The van der Waals surface area contributed by atoms with Gasteiger partial charge in [-0.1, -0.05) is 36.4 Å². The molecule has 1 aliphatic rings. The Balaban J connectivity index is 1.75. The van der Waals surface area contributed by atoms with Crippen LogP contribution < -0.4 is 4.74 Å². The van der Waals surface area contributed by atoms with Crippen LogP contribution in [0.5, 0.6) is 5.75 Å². The largest absolute Gasteiger partial charge is 0.487 e. The van der Waals surface area contributed by atoms with Gasteiger partial charge in [0.15, 0.2) is 6.61 Å². The molecule has 11 heteroatoms. The predicted octanol–water partition coefficient (Wildman–Crippen LogP) is 3.87. The van der Waals surface area contributed by atoms with Crippen LogP contribution in [-0.4, -0.2) is 58.7 Å². The summed E-state index contributed by atoms with van der Waals surface area (Å²) >= 11 is 0. The number of para-hydroxylation sites is 1. The van der Waals surface area contributed by atoms with Crippen LogP contribution in [0.25, 0.3) is 0 Å². The summed E-state index contributed by atoms with van der Waals surface area (Å²) in [6.07, 6.45) is 4.58. The SMILES string of the molecule is CC(COC(=O)CCC/C=C\C[C@@H]1[C@@H](/C=C/C(F)(F)COc2ccccc2)[C@H](O)C[C@@H]1O)O[N+](=O)[O-]. The summed E-state index contributed by atoms with van der Waals surface area (Å²) in [4.78, 5) is 26.1. The van der Waals surface area contributed by atoms with Crippen molar-refractivity contribution in [3.05, 3.63) is 64.8 Å². The van der Waals surface area contributed by atoms with Crippen molar-refractivity contribution in [1.29, 1.82) is 0 Å². The molecule has 0 aromatic heterocycles. The van der Waals surface area contributed by atoms with E-state index in [2.05, 4.69) is 4.84 Å². The number of carbonyl (C=O) groups excluding carboxylic acids is 1. The molecule has 1 unspecified atom stereocenters. The Morgan fingerprint density at radius 1 is 1.25 bits per heavy atom. The Bertz CT molecular complexity index is 880. The van der Waals surface area contributed by atoms with E-state index in [1.807, 2.05) is 6.08 Å². The van der Waals surface area contributed by atoms with Crippen molar-refractivity contribution < 1.29 is 43.2 Å². The number of hydrogen-bond acceptors (Lipinski definition) is 8. The van der Waals surface area contributed by atoms with Crippen LogP contribution in [0.1, 0.15) is 39.0 Å². The summed E-state index contributed by atoms with van der Waals surface area (Å²) in [7, 11) is 0. The molecule has 0 aliphatic heterocycles. The standard InChI is InChI=1S/C25H33F2NO8/c1-18(36-28(32)33)16-34-24(31)12-8-3-2-7-11-20-21(23(30)15-22(20)29)13-14-25(26,27)17-35-19-9-5-4-6-10-19/h2,4-7,9-10,13-14,18,20-23,29-30H,3,8,11-12,15-17H2,1H3/b7-2-,14-13+/t18?,20-,21-,22+,23-/m1/s1. The second-order valence-corrected chi connectivity index (χ2v) is 8.76. The van der Waals surface area contributed by atoms with Gasteiger partial charge in [-0.05, 0) is 50.3 Å². The Morgan fingerprint density at radius 2 is 1.97 bits per heavy atom. The van der Waals surface area contributed by atoms with E-state index in [1.54, 1.807) is 36.4 Å². The fourth-order valence-corrected chi connectivity index (χ4v) is 3.90. The number of allylic oxidation sites excluding steroid dienone is 2. The van der Waals surface area contributed by atoms with Crippen LogP contribution in [0, 0.1) is 22.0 Å². The first-order valence-electron chi connectivity index (χ1n) is 11.8. The number of rotatable bonds is 15. The minimum atomic E-state index is -3.24. The van der Waals surface area contributed by atoms with Gasteiger partial charge in [-0.15, -0.1) is 10.1 Å². The molecule has 0 saturated heterocycles. The van der Waals surface area contributed by atoms with E-state index in [1.165, 1.54) is 13.0 Å². The molecule has 1 aliphatic carbocycles. The first kappa shape index (κ1) is 29.2. The third-order valence-electron chi connectivity index (χ3n) is 5.72. The number of aliphatic hydroxyl groups is 2. The third-order valence-corrected chi connectivity index (χ3v) is 5.72. The van der Waals surface area contributed by atoms with Gasteiger partial charge < -0.3 is 24.5 Å².